The third-order valence-electron chi connectivity index (χ3n) is 5.46. The molecule has 8 nitrogen and oxygen atoms in total. The summed E-state index contributed by atoms with van der Waals surface area (Å²) in [5, 5.41) is 23.5. The molecule has 160 valence electrons. The van der Waals surface area contributed by atoms with E-state index in [2.05, 4.69) is 32.3 Å². The van der Waals surface area contributed by atoms with Gasteiger partial charge in [-0.2, -0.15) is 0 Å². The number of piperidine rings is 1. The number of hydrogen-bond acceptors (Lipinski definition) is 7. The number of anilines is 2. The molecule has 2 aromatic carbocycles. The fourth-order valence-corrected chi connectivity index (χ4v) is 3.94. The van der Waals surface area contributed by atoms with E-state index in [0.717, 1.165) is 43.7 Å². The van der Waals surface area contributed by atoms with Crippen LogP contribution in [0.4, 0.5) is 17.3 Å². The number of non-ortho nitro benzene ring substituents is 1. The SMILES string of the molecule is O=[N+]([O-])c1cccc(Nc2nccc(-c3cccc(CN4CCCC(CO)C4)c3)n2)c1. The number of aromatic nitrogens is 2. The van der Waals surface area contributed by atoms with Crippen molar-refractivity contribution in [2.75, 3.05) is 25.0 Å². The van der Waals surface area contributed by atoms with Crippen molar-refractivity contribution in [2.45, 2.75) is 19.4 Å². The minimum Gasteiger partial charge on any atom is -0.396 e. The minimum absolute atomic E-state index is 0.00926. The van der Waals surface area contributed by atoms with Crippen molar-refractivity contribution in [3.63, 3.8) is 0 Å². The molecule has 3 aromatic rings. The van der Waals surface area contributed by atoms with Crippen molar-refractivity contribution in [1.29, 1.82) is 0 Å². The van der Waals surface area contributed by atoms with E-state index < -0.39 is 4.92 Å². The summed E-state index contributed by atoms with van der Waals surface area (Å²) >= 11 is 0. The summed E-state index contributed by atoms with van der Waals surface area (Å²) in [6, 6.07) is 16.4. The lowest BCUT2D eigenvalue weighted by molar-refractivity contribution is -0.384. The highest BCUT2D eigenvalue weighted by Crippen LogP contribution is 2.24. The summed E-state index contributed by atoms with van der Waals surface area (Å²) in [5.74, 6) is 0.742. The maximum absolute atomic E-state index is 11.0. The van der Waals surface area contributed by atoms with Crippen LogP contribution in [0.25, 0.3) is 11.3 Å². The third-order valence-corrected chi connectivity index (χ3v) is 5.46. The molecule has 31 heavy (non-hydrogen) atoms. The molecule has 0 bridgehead atoms. The molecule has 2 N–H and O–H groups in total. The molecule has 0 radical (unpaired) electrons. The largest absolute Gasteiger partial charge is 0.396 e. The zero-order valence-corrected chi connectivity index (χ0v) is 17.1. The number of nitro groups is 1. The van der Waals surface area contributed by atoms with Gasteiger partial charge in [-0.3, -0.25) is 15.0 Å². The van der Waals surface area contributed by atoms with Crippen molar-refractivity contribution in [2.24, 2.45) is 5.92 Å². The Morgan fingerprint density at radius 3 is 2.90 bits per heavy atom. The van der Waals surface area contributed by atoms with Gasteiger partial charge in [0.25, 0.3) is 5.69 Å². The summed E-state index contributed by atoms with van der Waals surface area (Å²) in [4.78, 5) is 21.8. The average Bonchev–Trinajstić information content (AvgIpc) is 2.80. The first-order chi connectivity index (χ1) is 15.1. The second kappa shape index (κ2) is 9.63. The van der Waals surface area contributed by atoms with Crippen molar-refractivity contribution in [1.82, 2.24) is 14.9 Å². The van der Waals surface area contributed by atoms with Crippen LogP contribution in [0.5, 0.6) is 0 Å². The number of rotatable bonds is 7. The van der Waals surface area contributed by atoms with E-state index in [1.165, 1.54) is 17.7 Å². The number of hydrogen-bond donors (Lipinski definition) is 2. The molecule has 1 saturated heterocycles. The molecular formula is C23H25N5O3. The highest BCUT2D eigenvalue weighted by molar-refractivity contribution is 5.63. The maximum atomic E-state index is 11.0. The Kier molecular flexibility index (Phi) is 6.49. The Morgan fingerprint density at radius 2 is 2.06 bits per heavy atom. The molecule has 1 aromatic heterocycles. The Balaban J connectivity index is 1.49. The predicted molar refractivity (Wildman–Crippen MR) is 119 cm³/mol. The first-order valence-electron chi connectivity index (χ1n) is 10.4. The van der Waals surface area contributed by atoms with Crippen molar-refractivity contribution >= 4 is 17.3 Å². The predicted octanol–water partition coefficient (Wildman–Crippen LogP) is 4.00. The van der Waals surface area contributed by atoms with Gasteiger partial charge in [-0.05, 0) is 49.1 Å². The number of aliphatic hydroxyl groups excluding tert-OH is 1. The lowest BCUT2D eigenvalue weighted by atomic mass is 9.98. The summed E-state index contributed by atoms with van der Waals surface area (Å²) in [6.45, 7) is 3.06. The van der Waals surface area contributed by atoms with Crippen LogP contribution < -0.4 is 5.32 Å². The Hall–Kier alpha value is -3.36. The van der Waals surface area contributed by atoms with Crippen LogP contribution in [0, 0.1) is 16.0 Å². The lowest BCUT2D eigenvalue weighted by Crippen LogP contribution is -2.36. The number of nitro benzene ring substituents is 1. The summed E-state index contributed by atoms with van der Waals surface area (Å²) in [7, 11) is 0. The Bertz CT molecular complexity index is 1060. The molecule has 0 amide bonds. The van der Waals surface area contributed by atoms with Gasteiger partial charge in [-0.1, -0.05) is 24.3 Å². The second-order valence-electron chi connectivity index (χ2n) is 7.82. The van der Waals surface area contributed by atoms with E-state index in [9.17, 15) is 15.2 Å². The zero-order valence-electron chi connectivity index (χ0n) is 17.1. The molecule has 2 heterocycles. The van der Waals surface area contributed by atoms with Crippen LogP contribution in [-0.4, -0.2) is 44.6 Å². The van der Waals surface area contributed by atoms with Crippen LogP contribution >= 0.6 is 0 Å². The molecule has 1 aliphatic rings. The zero-order chi connectivity index (χ0) is 21.6. The van der Waals surface area contributed by atoms with Gasteiger partial charge in [0.05, 0.1) is 10.6 Å². The van der Waals surface area contributed by atoms with Crippen molar-refractivity contribution < 1.29 is 10.0 Å². The lowest BCUT2D eigenvalue weighted by Gasteiger charge is -2.31. The smallest absolute Gasteiger partial charge is 0.271 e. The first kappa shape index (κ1) is 20.9. The van der Waals surface area contributed by atoms with Crippen LogP contribution in [0.3, 0.4) is 0 Å². The van der Waals surface area contributed by atoms with Crippen molar-refractivity contribution in [3.8, 4) is 11.3 Å². The Morgan fingerprint density at radius 1 is 1.19 bits per heavy atom. The topological polar surface area (TPSA) is 104 Å². The monoisotopic (exact) mass is 419 g/mol. The average molecular weight is 419 g/mol. The van der Waals surface area contributed by atoms with E-state index >= 15 is 0 Å². The quantitative estimate of drug-likeness (QED) is 0.440. The van der Waals surface area contributed by atoms with Crippen LogP contribution in [0.2, 0.25) is 0 Å². The highest BCUT2D eigenvalue weighted by Gasteiger charge is 2.19. The number of aliphatic hydroxyl groups is 1. The molecule has 4 rings (SSSR count). The molecule has 0 spiro atoms. The second-order valence-corrected chi connectivity index (χ2v) is 7.82. The summed E-state index contributed by atoms with van der Waals surface area (Å²) in [6.07, 6.45) is 3.88. The molecule has 1 fully saturated rings. The molecule has 0 aliphatic carbocycles. The molecule has 1 unspecified atom stereocenters. The van der Waals surface area contributed by atoms with Crippen LogP contribution in [0.15, 0.2) is 60.8 Å². The number of likely N-dealkylation sites (tertiary alicyclic amines) is 1. The fourth-order valence-electron chi connectivity index (χ4n) is 3.94. The van der Waals surface area contributed by atoms with Gasteiger partial charge < -0.3 is 10.4 Å². The molecule has 1 aliphatic heterocycles. The maximum Gasteiger partial charge on any atom is 0.271 e. The van der Waals surface area contributed by atoms with E-state index in [0.29, 0.717) is 17.6 Å². The summed E-state index contributed by atoms with van der Waals surface area (Å²) < 4.78 is 0. The third kappa shape index (κ3) is 5.42. The minimum atomic E-state index is -0.431. The standard InChI is InChI=1S/C23H25N5O3/c29-16-18-5-3-11-27(15-18)14-17-4-1-6-19(12-17)22-9-10-24-23(26-22)25-20-7-2-8-21(13-20)28(30)31/h1-2,4,6-10,12-13,18,29H,3,5,11,14-16H2,(H,24,25,26). The van der Waals surface area contributed by atoms with Crippen LogP contribution in [0.1, 0.15) is 18.4 Å². The number of nitrogens with one attached hydrogen (secondary N) is 1. The van der Waals surface area contributed by atoms with E-state index in [4.69, 9.17) is 0 Å². The van der Waals surface area contributed by atoms with E-state index in [-0.39, 0.29) is 12.3 Å². The Labute approximate surface area is 180 Å². The molecule has 8 heteroatoms. The number of benzene rings is 2. The van der Waals surface area contributed by atoms with E-state index in [1.807, 2.05) is 18.2 Å². The van der Waals surface area contributed by atoms with Gasteiger partial charge in [0, 0.05) is 49.3 Å². The number of nitrogens with zero attached hydrogens (tertiary/aromatic N) is 4. The molecule has 0 saturated carbocycles. The van der Waals surface area contributed by atoms with Gasteiger partial charge in [0.1, 0.15) is 0 Å². The van der Waals surface area contributed by atoms with Crippen LogP contribution in [-0.2, 0) is 6.54 Å². The summed E-state index contributed by atoms with van der Waals surface area (Å²) in [5.41, 5.74) is 3.52. The molecular weight excluding hydrogens is 394 g/mol. The first-order valence-corrected chi connectivity index (χ1v) is 10.4. The fraction of sp³-hybridized carbons (Fsp3) is 0.304. The van der Waals surface area contributed by atoms with E-state index in [1.54, 1.807) is 18.3 Å². The normalized spacial score (nSPS) is 16.7. The van der Waals surface area contributed by atoms with Gasteiger partial charge in [-0.15, -0.1) is 0 Å². The highest BCUT2D eigenvalue weighted by atomic mass is 16.6. The van der Waals surface area contributed by atoms with Gasteiger partial charge in [-0.25, -0.2) is 9.97 Å². The van der Waals surface area contributed by atoms with Gasteiger partial charge in [0.2, 0.25) is 5.95 Å². The van der Waals surface area contributed by atoms with Crippen molar-refractivity contribution in [3.05, 3.63) is 76.5 Å². The molecule has 1 atom stereocenters. The van der Waals surface area contributed by atoms with Gasteiger partial charge >= 0.3 is 0 Å². The van der Waals surface area contributed by atoms with Gasteiger partial charge in [0.15, 0.2) is 0 Å².